The Kier molecular flexibility index (Phi) is 5.34. The van der Waals surface area contributed by atoms with Crippen molar-refractivity contribution < 1.29 is 9.84 Å². The Balaban J connectivity index is 1.38. The van der Waals surface area contributed by atoms with Gasteiger partial charge in [-0.2, -0.15) is 0 Å². The van der Waals surface area contributed by atoms with E-state index in [4.69, 9.17) is 4.74 Å². The van der Waals surface area contributed by atoms with Gasteiger partial charge in [0.1, 0.15) is 12.1 Å². The highest BCUT2D eigenvalue weighted by Gasteiger charge is 2.15. The Hall–Kier alpha value is -2.96. The highest BCUT2D eigenvalue weighted by Crippen LogP contribution is 2.37. The van der Waals surface area contributed by atoms with Gasteiger partial charge in [-0.25, -0.2) is 9.97 Å². The molecule has 2 aromatic heterocycles. The third-order valence-electron chi connectivity index (χ3n) is 5.52. The third-order valence-corrected chi connectivity index (χ3v) is 6.70. The molecule has 0 aliphatic carbocycles. The van der Waals surface area contributed by atoms with Crippen LogP contribution in [0.15, 0.2) is 60.9 Å². The lowest BCUT2D eigenvalue weighted by atomic mass is 9.92. The smallest absolute Gasteiger partial charge is 0.151 e. The van der Waals surface area contributed by atoms with E-state index in [1.165, 1.54) is 16.0 Å². The SMILES string of the molecule is Oc1cccc(Nc2ncnc3cc(-c4ccc(CC5CCOCC5)cc4)sc23)c1. The van der Waals surface area contributed by atoms with Crippen LogP contribution in [0.25, 0.3) is 20.7 Å². The second kappa shape index (κ2) is 8.42. The van der Waals surface area contributed by atoms with Crippen molar-refractivity contribution in [2.75, 3.05) is 18.5 Å². The number of aromatic nitrogens is 2. The normalized spacial score (nSPS) is 14.8. The molecule has 0 spiro atoms. The zero-order valence-corrected chi connectivity index (χ0v) is 17.4. The highest BCUT2D eigenvalue weighted by atomic mass is 32.1. The Bertz CT molecular complexity index is 1150. The molecule has 3 heterocycles. The maximum absolute atomic E-state index is 9.71. The number of nitrogens with zero attached hydrogens (tertiary/aromatic N) is 2. The van der Waals surface area contributed by atoms with Crippen molar-refractivity contribution >= 4 is 33.1 Å². The predicted molar refractivity (Wildman–Crippen MR) is 121 cm³/mol. The van der Waals surface area contributed by atoms with Gasteiger partial charge in [-0.05, 0) is 54.5 Å². The van der Waals surface area contributed by atoms with Crippen LogP contribution in [0.4, 0.5) is 11.5 Å². The number of fused-ring (bicyclic) bond motifs is 1. The summed E-state index contributed by atoms with van der Waals surface area (Å²) < 4.78 is 6.47. The van der Waals surface area contributed by atoms with E-state index in [0.29, 0.717) is 0 Å². The monoisotopic (exact) mass is 417 g/mol. The molecule has 30 heavy (non-hydrogen) atoms. The second-order valence-corrected chi connectivity index (χ2v) is 8.73. The van der Waals surface area contributed by atoms with E-state index < -0.39 is 0 Å². The molecule has 2 aromatic carbocycles. The molecule has 1 aliphatic rings. The van der Waals surface area contributed by atoms with Gasteiger partial charge in [-0.1, -0.05) is 30.3 Å². The lowest BCUT2D eigenvalue weighted by Gasteiger charge is -2.21. The van der Waals surface area contributed by atoms with Crippen LogP contribution in [0.1, 0.15) is 18.4 Å². The quantitative estimate of drug-likeness (QED) is 0.431. The lowest BCUT2D eigenvalue weighted by molar-refractivity contribution is 0.0665. The van der Waals surface area contributed by atoms with Crippen molar-refractivity contribution in [1.82, 2.24) is 9.97 Å². The molecule has 152 valence electrons. The molecule has 0 unspecified atom stereocenters. The van der Waals surface area contributed by atoms with Crippen LogP contribution in [0, 0.1) is 5.92 Å². The van der Waals surface area contributed by atoms with Crippen LogP contribution in [0.2, 0.25) is 0 Å². The largest absolute Gasteiger partial charge is 0.508 e. The Morgan fingerprint density at radius 1 is 1.03 bits per heavy atom. The molecule has 5 nitrogen and oxygen atoms in total. The predicted octanol–water partition coefficient (Wildman–Crippen LogP) is 5.78. The average Bonchev–Trinajstić information content (AvgIpc) is 3.21. The molecule has 4 aromatic rings. The zero-order chi connectivity index (χ0) is 20.3. The van der Waals surface area contributed by atoms with Crippen molar-refractivity contribution in [2.45, 2.75) is 19.3 Å². The fraction of sp³-hybridized carbons (Fsp3) is 0.250. The molecular formula is C24H23N3O2S. The number of thiophene rings is 1. The molecule has 6 heteroatoms. The van der Waals surface area contributed by atoms with Crippen LogP contribution in [0.5, 0.6) is 5.75 Å². The summed E-state index contributed by atoms with van der Waals surface area (Å²) in [5.41, 5.74) is 4.29. The molecule has 0 bridgehead atoms. The summed E-state index contributed by atoms with van der Waals surface area (Å²) in [5.74, 6) is 1.70. The van der Waals surface area contributed by atoms with Gasteiger partial charge in [-0.3, -0.25) is 0 Å². The van der Waals surface area contributed by atoms with Crippen molar-refractivity contribution in [3.05, 3.63) is 66.5 Å². The minimum absolute atomic E-state index is 0.220. The van der Waals surface area contributed by atoms with Gasteiger partial charge in [0, 0.05) is 29.8 Å². The number of anilines is 2. The van der Waals surface area contributed by atoms with Crippen molar-refractivity contribution in [2.24, 2.45) is 5.92 Å². The van der Waals surface area contributed by atoms with Gasteiger partial charge in [-0.15, -0.1) is 11.3 Å². The van der Waals surface area contributed by atoms with Crippen molar-refractivity contribution in [1.29, 1.82) is 0 Å². The van der Waals surface area contributed by atoms with Crippen LogP contribution >= 0.6 is 11.3 Å². The standard InChI is InChI=1S/C24H23N3O2S/c28-20-3-1-2-19(13-20)27-24-23-21(25-15-26-24)14-22(30-23)18-6-4-16(5-7-18)12-17-8-10-29-11-9-17/h1-7,13-15,17,28H,8-12H2,(H,25,26,27). The summed E-state index contributed by atoms with van der Waals surface area (Å²) in [6.07, 6.45) is 5.01. The Morgan fingerprint density at radius 3 is 2.67 bits per heavy atom. The lowest BCUT2D eigenvalue weighted by Crippen LogP contribution is -2.17. The topological polar surface area (TPSA) is 67.3 Å². The van der Waals surface area contributed by atoms with E-state index in [1.807, 2.05) is 6.07 Å². The molecule has 0 saturated carbocycles. The summed E-state index contributed by atoms with van der Waals surface area (Å²) in [5, 5.41) is 13.0. The molecule has 1 saturated heterocycles. The van der Waals surface area contributed by atoms with Gasteiger partial charge in [0.25, 0.3) is 0 Å². The fourth-order valence-electron chi connectivity index (χ4n) is 3.90. The van der Waals surface area contributed by atoms with Gasteiger partial charge < -0.3 is 15.2 Å². The van der Waals surface area contributed by atoms with Crippen LogP contribution in [-0.2, 0) is 11.2 Å². The number of phenolic OH excluding ortho intramolecular Hbond substituents is 1. The van der Waals surface area contributed by atoms with Crippen LogP contribution in [-0.4, -0.2) is 28.3 Å². The van der Waals surface area contributed by atoms with Crippen molar-refractivity contribution in [3.8, 4) is 16.2 Å². The first-order valence-electron chi connectivity index (χ1n) is 10.2. The van der Waals surface area contributed by atoms with Gasteiger partial charge >= 0.3 is 0 Å². The molecule has 1 fully saturated rings. The summed E-state index contributed by atoms with van der Waals surface area (Å²) in [6.45, 7) is 1.79. The van der Waals surface area contributed by atoms with E-state index in [2.05, 4.69) is 45.6 Å². The maximum atomic E-state index is 9.71. The number of hydrogen-bond donors (Lipinski definition) is 2. The number of aromatic hydroxyl groups is 1. The molecule has 5 rings (SSSR count). The van der Waals surface area contributed by atoms with E-state index in [1.54, 1.807) is 35.9 Å². The highest BCUT2D eigenvalue weighted by molar-refractivity contribution is 7.22. The molecule has 1 aliphatic heterocycles. The number of hydrogen-bond acceptors (Lipinski definition) is 6. The van der Waals surface area contributed by atoms with E-state index in [-0.39, 0.29) is 5.75 Å². The summed E-state index contributed by atoms with van der Waals surface area (Å²) in [4.78, 5) is 10.0. The maximum Gasteiger partial charge on any atom is 0.151 e. The van der Waals surface area contributed by atoms with E-state index in [9.17, 15) is 5.11 Å². The van der Waals surface area contributed by atoms with E-state index >= 15 is 0 Å². The fourth-order valence-corrected chi connectivity index (χ4v) is 4.96. The molecule has 0 amide bonds. The molecular weight excluding hydrogens is 394 g/mol. The first-order chi connectivity index (χ1) is 14.7. The van der Waals surface area contributed by atoms with Gasteiger partial charge in [0.15, 0.2) is 5.82 Å². The molecule has 0 atom stereocenters. The minimum Gasteiger partial charge on any atom is -0.508 e. The van der Waals surface area contributed by atoms with E-state index in [0.717, 1.165) is 60.1 Å². The number of nitrogens with one attached hydrogen (secondary N) is 1. The number of ether oxygens (including phenoxy) is 1. The molecule has 2 N–H and O–H groups in total. The second-order valence-electron chi connectivity index (χ2n) is 7.68. The minimum atomic E-state index is 0.220. The Labute approximate surface area is 179 Å². The zero-order valence-electron chi connectivity index (χ0n) is 16.5. The van der Waals surface area contributed by atoms with Crippen molar-refractivity contribution in [3.63, 3.8) is 0 Å². The average molecular weight is 418 g/mol. The van der Waals surface area contributed by atoms with Crippen LogP contribution < -0.4 is 5.32 Å². The number of benzene rings is 2. The first-order valence-corrected chi connectivity index (χ1v) is 11.0. The van der Waals surface area contributed by atoms with Gasteiger partial charge in [0.2, 0.25) is 0 Å². The number of phenols is 1. The first kappa shape index (κ1) is 19.0. The summed E-state index contributed by atoms with van der Waals surface area (Å²) in [6, 6.07) is 18.0. The number of rotatable bonds is 5. The Morgan fingerprint density at radius 2 is 1.87 bits per heavy atom. The summed E-state index contributed by atoms with van der Waals surface area (Å²) in [7, 11) is 0. The summed E-state index contributed by atoms with van der Waals surface area (Å²) >= 11 is 1.68. The third kappa shape index (κ3) is 4.15. The van der Waals surface area contributed by atoms with Crippen LogP contribution in [0.3, 0.4) is 0 Å². The van der Waals surface area contributed by atoms with Gasteiger partial charge in [0.05, 0.1) is 10.2 Å². The molecule has 0 radical (unpaired) electrons.